The van der Waals surface area contributed by atoms with E-state index >= 15 is 0 Å². The molecule has 0 saturated carbocycles. The molecule has 1 atom stereocenters. The molecule has 0 unspecified atom stereocenters. The molecule has 2 saturated heterocycles. The Bertz CT molecular complexity index is 732. The molecule has 0 aliphatic carbocycles. The molecular weight excluding hydrogens is 377 g/mol. The highest BCUT2D eigenvalue weighted by atomic mass is 35.5. The van der Waals surface area contributed by atoms with Gasteiger partial charge in [0.1, 0.15) is 6.04 Å². The van der Waals surface area contributed by atoms with Gasteiger partial charge in [0, 0.05) is 44.7 Å². The van der Waals surface area contributed by atoms with Crippen LogP contribution in [-0.4, -0.2) is 71.2 Å². The van der Waals surface area contributed by atoms with Gasteiger partial charge in [-0.25, -0.2) is 0 Å². The maximum Gasteiger partial charge on any atom is 0.256 e. The molecule has 1 aromatic carbocycles. The van der Waals surface area contributed by atoms with Crippen molar-refractivity contribution in [1.29, 1.82) is 0 Å². The summed E-state index contributed by atoms with van der Waals surface area (Å²) >= 11 is 12.1. The summed E-state index contributed by atoms with van der Waals surface area (Å²) < 4.78 is 0. The third kappa shape index (κ3) is 3.81. The Morgan fingerprint density at radius 2 is 1.65 bits per heavy atom. The Labute approximate surface area is 162 Å². The predicted octanol–water partition coefficient (Wildman–Crippen LogP) is 2.29. The average Bonchev–Trinajstić information content (AvgIpc) is 3.12. The minimum Gasteiger partial charge on any atom is -0.339 e. The van der Waals surface area contributed by atoms with Crippen molar-refractivity contribution in [2.45, 2.75) is 25.8 Å². The second-order valence-electron chi connectivity index (χ2n) is 6.61. The number of hydrogen-bond acceptors (Lipinski definition) is 3. The standard InChI is InChI=1S/C18H21Cl2N3O3/c1-12(24)21-7-9-22(10-8-21)18(26)16-3-2-6-23(16)17(25)14-11-13(19)4-5-15(14)20/h4-5,11,16H,2-3,6-10H2,1H3/t16-/m0/s1. The SMILES string of the molecule is CC(=O)N1CCN(C(=O)[C@@H]2CCCN2C(=O)c2cc(Cl)ccc2Cl)CC1. The number of amides is 3. The molecule has 2 aliphatic heterocycles. The topological polar surface area (TPSA) is 60.9 Å². The summed E-state index contributed by atoms with van der Waals surface area (Å²) in [6, 6.07) is 4.27. The molecule has 2 heterocycles. The van der Waals surface area contributed by atoms with Crippen molar-refractivity contribution < 1.29 is 14.4 Å². The number of piperazine rings is 1. The first kappa shape index (κ1) is 19.0. The van der Waals surface area contributed by atoms with Crippen LogP contribution in [0.2, 0.25) is 10.0 Å². The number of nitrogens with zero attached hydrogens (tertiary/aromatic N) is 3. The summed E-state index contributed by atoms with van der Waals surface area (Å²) in [5.41, 5.74) is 0.320. The molecule has 2 aliphatic rings. The van der Waals surface area contributed by atoms with Crippen LogP contribution in [0, 0.1) is 0 Å². The molecule has 3 amide bonds. The molecule has 2 fully saturated rings. The molecule has 26 heavy (non-hydrogen) atoms. The van der Waals surface area contributed by atoms with E-state index in [-0.39, 0.29) is 17.7 Å². The molecule has 0 spiro atoms. The fraction of sp³-hybridized carbons (Fsp3) is 0.500. The number of carbonyl (C=O) groups excluding carboxylic acids is 3. The van der Waals surface area contributed by atoms with E-state index in [9.17, 15) is 14.4 Å². The third-order valence-corrected chi connectivity index (χ3v) is 5.56. The maximum absolute atomic E-state index is 12.9. The maximum atomic E-state index is 12.9. The van der Waals surface area contributed by atoms with Crippen LogP contribution >= 0.6 is 23.2 Å². The van der Waals surface area contributed by atoms with E-state index in [1.165, 1.54) is 13.0 Å². The fourth-order valence-corrected chi connectivity index (χ4v) is 3.91. The minimum atomic E-state index is -0.485. The van der Waals surface area contributed by atoms with Gasteiger partial charge in [-0.15, -0.1) is 0 Å². The second kappa shape index (κ2) is 7.84. The van der Waals surface area contributed by atoms with E-state index in [0.717, 1.165) is 6.42 Å². The van der Waals surface area contributed by atoms with Crippen LogP contribution in [-0.2, 0) is 9.59 Å². The van der Waals surface area contributed by atoms with E-state index in [2.05, 4.69) is 0 Å². The molecule has 0 radical (unpaired) electrons. The zero-order valence-electron chi connectivity index (χ0n) is 14.6. The highest BCUT2D eigenvalue weighted by Crippen LogP contribution is 2.27. The lowest BCUT2D eigenvalue weighted by molar-refractivity contribution is -0.141. The number of benzene rings is 1. The fourth-order valence-electron chi connectivity index (χ4n) is 3.54. The zero-order chi connectivity index (χ0) is 18.8. The van der Waals surface area contributed by atoms with Crippen LogP contribution in [0.25, 0.3) is 0 Å². The van der Waals surface area contributed by atoms with Crippen LogP contribution in [0.15, 0.2) is 18.2 Å². The van der Waals surface area contributed by atoms with Crippen LogP contribution in [0.5, 0.6) is 0 Å². The van der Waals surface area contributed by atoms with Crippen molar-refractivity contribution in [1.82, 2.24) is 14.7 Å². The van der Waals surface area contributed by atoms with Crippen molar-refractivity contribution in [3.8, 4) is 0 Å². The Morgan fingerprint density at radius 1 is 1.00 bits per heavy atom. The molecule has 0 N–H and O–H groups in total. The summed E-state index contributed by atoms with van der Waals surface area (Å²) in [5.74, 6) is -0.307. The van der Waals surface area contributed by atoms with Crippen molar-refractivity contribution >= 4 is 40.9 Å². The number of hydrogen-bond donors (Lipinski definition) is 0. The van der Waals surface area contributed by atoms with Crippen molar-refractivity contribution in [3.05, 3.63) is 33.8 Å². The second-order valence-corrected chi connectivity index (χ2v) is 7.46. The van der Waals surface area contributed by atoms with Crippen molar-refractivity contribution in [2.24, 2.45) is 0 Å². The number of halogens is 2. The first-order valence-corrected chi connectivity index (χ1v) is 9.44. The Balaban J connectivity index is 1.72. The number of carbonyl (C=O) groups is 3. The molecule has 6 nitrogen and oxygen atoms in total. The smallest absolute Gasteiger partial charge is 0.256 e. The summed E-state index contributed by atoms with van der Waals surface area (Å²) in [6.07, 6.45) is 1.41. The van der Waals surface area contributed by atoms with Gasteiger partial charge in [-0.1, -0.05) is 23.2 Å². The number of likely N-dealkylation sites (tertiary alicyclic amines) is 1. The molecule has 8 heteroatoms. The molecule has 0 bridgehead atoms. The summed E-state index contributed by atoms with van der Waals surface area (Å²) in [4.78, 5) is 42.4. The van der Waals surface area contributed by atoms with Crippen LogP contribution in [0.3, 0.4) is 0 Å². The monoisotopic (exact) mass is 397 g/mol. The minimum absolute atomic E-state index is 0.0189. The summed E-state index contributed by atoms with van der Waals surface area (Å²) in [5, 5.41) is 0.757. The first-order valence-electron chi connectivity index (χ1n) is 8.69. The summed E-state index contributed by atoms with van der Waals surface area (Å²) in [7, 11) is 0. The first-order chi connectivity index (χ1) is 12.4. The molecular formula is C18H21Cl2N3O3. The van der Waals surface area contributed by atoms with Gasteiger partial charge in [-0.3, -0.25) is 14.4 Å². The highest BCUT2D eigenvalue weighted by Gasteiger charge is 2.38. The normalized spacial score (nSPS) is 20.4. The van der Waals surface area contributed by atoms with Gasteiger partial charge >= 0.3 is 0 Å². The Morgan fingerprint density at radius 3 is 2.31 bits per heavy atom. The lowest BCUT2D eigenvalue weighted by atomic mass is 10.1. The van der Waals surface area contributed by atoms with Gasteiger partial charge < -0.3 is 14.7 Å². The van der Waals surface area contributed by atoms with E-state index in [1.54, 1.807) is 26.8 Å². The van der Waals surface area contributed by atoms with E-state index < -0.39 is 6.04 Å². The van der Waals surface area contributed by atoms with Crippen LogP contribution < -0.4 is 0 Å². The number of rotatable bonds is 2. The van der Waals surface area contributed by atoms with Gasteiger partial charge in [0.05, 0.1) is 10.6 Å². The molecule has 3 rings (SSSR count). The van der Waals surface area contributed by atoms with Gasteiger partial charge in [-0.2, -0.15) is 0 Å². The van der Waals surface area contributed by atoms with Gasteiger partial charge in [-0.05, 0) is 31.0 Å². The van der Waals surface area contributed by atoms with Crippen LogP contribution in [0.4, 0.5) is 0 Å². The van der Waals surface area contributed by atoms with E-state index in [4.69, 9.17) is 23.2 Å². The molecule has 1 aromatic rings. The average molecular weight is 398 g/mol. The molecule has 0 aromatic heterocycles. The largest absolute Gasteiger partial charge is 0.339 e. The van der Waals surface area contributed by atoms with E-state index in [0.29, 0.717) is 54.8 Å². The molecule has 140 valence electrons. The Kier molecular flexibility index (Phi) is 5.73. The van der Waals surface area contributed by atoms with Crippen molar-refractivity contribution in [3.63, 3.8) is 0 Å². The predicted molar refractivity (Wildman–Crippen MR) is 99.4 cm³/mol. The van der Waals surface area contributed by atoms with Crippen molar-refractivity contribution in [2.75, 3.05) is 32.7 Å². The Hall–Kier alpha value is -1.79. The summed E-state index contributed by atoms with van der Waals surface area (Å²) in [6.45, 7) is 4.10. The quantitative estimate of drug-likeness (QED) is 0.768. The van der Waals surface area contributed by atoms with Gasteiger partial charge in [0.15, 0.2) is 0 Å². The highest BCUT2D eigenvalue weighted by molar-refractivity contribution is 6.35. The van der Waals surface area contributed by atoms with E-state index in [1.807, 2.05) is 0 Å². The third-order valence-electron chi connectivity index (χ3n) is 4.99. The van der Waals surface area contributed by atoms with Gasteiger partial charge in [0.25, 0.3) is 5.91 Å². The van der Waals surface area contributed by atoms with Gasteiger partial charge in [0.2, 0.25) is 11.8 Å². The lowest BCUT2D eigenvalue weighted by Crippen LogP contribution is -2.55. The zero-order valence-corrected chi connectivity index (χ0v) is 16.1. The van der Waals surface area contributed by atoms with Crippen LogP contribution in [0.1, 0.15) is 30.1 Å². The lowest BCUT2D eigenvalue weighted by Gasteiger charge is -2.37.